The van der Waals surface area contributed by atoms with Crippen LogP contribution in [0.1, 0.15) is 30.9 Å². The van der Waals surface area contributed by atoms with E-state index in [0.29, 0.717) is 6.42 Å². The van der Waals surface area contributed by atoms with Crippen LogP contribution in [0.4, 0.5) is 0 Å². The molecule has 0 radical (unpaired) electrons. The van der Waals surface area contributed by atoms with Gasteiger partial charge in [0.2, 0.25) is 23.6 Å². The van der Waals surface area contributed by atoms with Gasteiger partial charge in [0.15, 0.2) is 0 Å². The lowest BCUT2D eigenvalue weighted by Gasteiger charge is -2.20. The lowest BCUT2D eigenvalue weighted by Crippen LogP contribution is -2.53. The molecule has 2 atom stereocenters. The number of carbonyl (C=O) groups is 4. The Balaban J connectivity index is 1.52. The number of primary amides is 1. The number of benzene rings is 2. The van der Waals surface area contributed by atoms with Gasteiger partial charge in [0.1, 0.15) is 12.1 Å². The van der Waals surface area contributed by atoms with Gasteiger partial charge in [-0.15, -0.1) is 0 Å². The van der Waals surface area contributed by atoms with E-state index in [9.17, 15) is 19.2 Å². The second-order valence-corrected chi connectivity index (χ2v) is 8.08. The van der Waals surface area contributed by atoms with Crippen molar-refractivity contribution in [2.75, 3.05) is 0 Å². The molecule has 6 N–H and O–H groups in total. The molecule has 1 heterocycles. The first-order valence-corrected chi connectivity index (χ1v) is 11.1. The molecule has 0 aliphatic carbocycles. The standard InChI is InChI=1S/C25H29N5O4/c1-16(24(33)28-15-18-8-5-9-20-19(18)12-13-27-20)29-25(34)21(14-22(26)31)30-23(32)11-10-17-6-3-2-4-7-17/h2-9,12-13,16,21,27H,10-11,14-15H2,1H3,(H2,26,31)(H,28,33)(H,29,34)(H,30,32)/t16-,21-/m0/s1. The van der Waals surface area contributed by atoms with Crippen molar-refractivity contribution in [1.29, 1.82) is 0 Å². The van der Waals surface area contributed by atoms with Crippen molar-refractivity contribution in [3.8, 4) is 0 Å². The van der Waals surface area contributed by atoms with Crippen molar-refractivity contribution in [2.45, 2.75) is 44.8 Å². The summed E-state index contributed by atoms with van der Waals surface area (Å²) in [5.41, 5.74) is 8.14. The van der Waals surface area contributed by atoms with Gasteiger partial charge in [-0.3, -0.25) is 19.2 Å². The van der Waals surface area contributed by atoms with Gasteiger partial charge in [0.05, 0.1) is 6.42 Å². The smallest absolute Gasteiger partial charge is 0.243 e. The predicted molar refractivity (Wildman–Crippen MR) is 128 cm³/mol. The Morgan fingerprint density at radius 1 is 0.941 bits per heavy atom. The number of aryl methyl sites for hydroxylation is 1. The van der Waals surface area contributed by atoms with E-state index in [1.54, 1.807) is 0 Å². The highest BCUT2D eigenvalue weighted by atomic mass is 16.2. The number of aromatic amines is 1. The summed E-state index contributed by atoms with van der Waals surface area (Å²) in [5.74, 6) is -2.17. The molecule has 2 aromatic carbocycles. The topological polar surface area (TPSA) is 146 Å². The fourth-order valence-corrected chi connectivity index (χ4v) is 3.60. The summed E-state index contributed by atoms with van der Waals surface area (Å²) in [4.78, 5) is 52.2. The summed E-state index contributed by atoms with van der Waals surface area (Å²) in [7, 11) is 0. The highest BCUT2D eigenvalue weighted by Gasteiger charge is 2.26. The molecular weight excluding hydrogens is 434 g/mol. The van der Waals surface area contributed by atoms with E-state index in [1.807, 2.05) is 60.8 Å². The molecule has 178 valence electrons. The van der Waals surface area contributed by atoms with Crippen LogP contribution in [-0.4, -0.2) is 40.7 Å². The normalized spacial score (nSPS) is 12.5. The summed E-state index contributed by atoms with van der Waals surface area (Å²) in [5, 5.41) is 8.90. The number of nitrogens with one attached hydrogen (secondary N) is 4. The Kier molecular flexibility index (Phi) is 8.39. The van der Waals surface area contributed by atoms with E-state index in [0.717, 1.165) is 22.0 Å². The molecule has 3 aromatic rings. The molecule has 9 nitrogen and oxygen atoms in total. The van der Waals surface area contributed by atoms with E-state index in [-0.39, 0.29) is 25.3 Å². The zero-order valence-corrected chi connectivity index (χ0v) is 19.0. The van der Waals surface area contributed by atoms with Gasteiger partial charge in [-0.05, 0) is 36.6 Å². The number of nitrogens with two attached hydrogens (primary N) is 1. The van der Waals surface area contributed by atoms with Gasteiger partial charge in [-0.1, -0.05) is 42.5 Å². The Morgan fingerprint density at radius 3 is 2.44 bits per heavy atom. The van der Waals surface area contributed by atoms with Crippen LogP contribution in [0.3, 0.4) is 0 Å². The molecule has 1 aromatic heterocycles. The molecule has 0 bridgehead atoms. The second kappa shape index (κ2) is 11.6. The third-order valence-corrected chi connectivity index (χ3v) is 5.43. The van der Waals surface area contributed by atoms with E-state index < -0.39 is 29.8 Å². The van der Waals surface area contributed by atoms with Crippen molar-refractivity contribution in [2.24, 2.45) is 5.73 Å². The number of amides is 4. The first kappa shape index (κ1) is 24.5. The zero-order chi connectivity index (χ0) is 24.5. The number of rotatable bonds is 11. The largest absolute Gasteiger partial charge is 0.370 e. The van der Waals surface area contributed by atoms with Crippen molar-refractivity contribution >= 4 is 34.5 Å². The first-order valence-electron chi connectivity index (χ1n) is 11.1. The average Bonchev–Trinajstić information content (AvgIpc) is 3.30. The Bertz CT molecular complexity index is 1160. The molecule has 0 aliphatic rings. The molecule has 3 rings (SSSR count). The number of aromatic nitrogens is 1. The van der Waals surface area contributed by atoms with E-state index in [1.165, 1.54) is 6.92 Å². The number of hydrogen-bond donors (Lipinski definition) is 5. The summed E-state index contributed by atoms with van der Waals surface area (Å²) in [6.07, 6.45) is 2.09. The maximum Gasteiger partial charge on any atom is 0.243 e. The Morgan fingerprint density at radius 2 is 1.71 bits per heavy atom. The molecular formula is C25H29N5O4. The number of hydrogen-bond acceptors (Lipinski definition) is 4. The summed E-state index contributed by atoms with van der Waals surface area (Å²) < 4.78 is 0. The van der Waals surface area contributed by atoms with Crippen LogP contribution in [-0.2, 0) is 32.1 Å². The van der Waals surface area contributed by atoms with Crippen LogP contribution in [0.15, 0.2) is 60.8 Å². The van der Waals surface area contributed by atoms with Crippen molar-refractivity contribution in [1.82, 2.24) is 20.9 Å². The Labute approximate surface area is 197 Å². The van der Waals surface area contributed by atoms with Gasteiger partial charge in [0, 0.05) is 30.1 Å². The molecule has 0 aliphatic heterocycles. The Hall–Kier alpha value is -4.14. The minimum atomic E-state index is -1.16. The highest BCUT2D eigenvalue weighted by Crippen LogP contribution is 2.17. The van der Waals surface area contributed by atoms with Gasteiger partial charge < -0.3 is 26.7 Å². The molecule has 0 saturated carbocycles. The number of carbonyl (C=O) groups excluding carboxylic acids is 4. The third-order valence-electron chi connectivity index (χ3n) is 5.43. The molecule has 0 spiro atoms. The van der Waals surface area contributed by atoms with E-state index in [4.69, 9.17) is 5.73 Å². The maximum absolute atomic E-state index is 12.7. The van der Waals surface area contributed by atoms with Crippen LogP contribution < -0.4 is 21.7 Å². The fourth-order valence-electron chi connectivity index (χ4n) is 3.60. The summed E-state index contributed by atoms with van der Waals surface area (Å²) >= 11 is 0. The maximum atomic E-state index is 12.7. The third kappa shape index (κ3) is 6.93. The predicted octanol–water partition coefficient (Wildman–Crippen LogP) is 1.28. The van der Waals surface area contributed by atoms with Crippen LogP contribution in [0.2, 0.25) is 0 Å². The van der Waals surface area contributed by atoms with Gasteiger partial charge in [-0.2, -0.15) is 0 Å². The summed E-state index contributed by atoms with van der Waals surface area (Å²) in [6.45, 7) is 1.82. The average molecular weight is 464 g/mol. The van der Waals surface area contributed by atoms with Crippen molar-refractivity contribution in [3.05, 3.63) is 71.9 Å². The zero-order valence-electron chi connectivity index (χ0n) is 19.0. The quantitative estimate of drug-likeness (QED) is 0.291. The van der Waals surface area contributed by atoms with E-state index in [2.05, 4.69) is 20.9 Å². The fraction of sp³-hybridized carbons (Fsp3) is 0.280. The number of H-pyrrole nitrogens is 1. The van der Waals surface area contributed by atoms with Crippen molar-refractivity contribution < 1.29 is 19.2 Å². The molecule has 34 heavy (non-hydrogen) atoms. The molecule has 9 heteroatoms. The van der Waals surface area contributed by atoms with Gasteiger partial charge >= 0.3 is 0 Å². The highest BCUT2D eigenvalue weighted by molar-refractivity contribution is 5.94. The van der Waals surface area contributed by atoms with Crippen LogP contribution >= 0.6 is 0 Å². The van der Waals surface area contributed by atoms with E-state index >= 15 is 0 Å². The van der Waals surface area contributed by atoms with Gasteiger partial charge in [0.25, 0.3) is 0 Å². The lowest BCUT2D eigenvalue weighted by molar-refractivity contribution is -0.133. The lowest BCUT2D eigenvalue weighted by atomic mass is 10.1. The number of fused-ring (bicyclic) bond motifs is 1. The SMILES string of the molecule is C[C@H](NC(=O)[C@H](CC(N)=O)NC(=O)CCc1ccccc1)C(=O)NCc1cccc2[nH]ccc12. The minimum absolute atomic E-state index is 0.146. The second-order valence-electron chi connectivity index (χ2n) is 8.08. The van der Waals surface area contributed by atoms with Crippen LogP contribution in [0.25, 0.3) is 10.9 Å². The molecule has 0 saturated heterocycles. The van der Waals surface area contributed by atoms with Crippen LogP contribution in [0.5, 0.6) is 0 Å². The molecule has 4 amide bonds. The first-order chi connectivity index (χ1) is 16.3. The van der Waals surface area contributed by atoms with Crippen LogP contribution in [0, 0.1) is 0 Å². The molecule has 0 fully saturated rings. The monoisotopic (exact) mass is 463 g/mol. The molecule has 0 unspecified atom stereocenters. The minimum Gasteiger partial charge on any atom is -0.370 e. The van der Waals surface area contributed by atoms with Crippen molar-refractivity contribution in [3.63, 3.8) is 0 Å². The summed E-state index contributed by atoms with van der Waals surface area (Å²) in [6, 6.07) is 15.1. The van der Waals surface area contributed by atoms with Gasteiger partial charge in [-0.25, -0.2) is 0 Å².